The maximum atomic E-state index is 14.2. The van der Waals surface area contributed by atoms with Crippen LogP contribution in [0.4, 0.5) is 11.4 Å². The molecule has 5 rings (SSSR count). The van der Waals surface area contributed by atoms with Crippen LogP contribution in [0, 0.1) is 6.92 Å². The number of para-hydroxylation sites is 2. The van der Waals surface area contributed by atoms with Crippen LogP contribution in [-0.4, -0.2) is 17.9 Å². The molecule has 204 valence electrons. The highest BCUT2D eigenvalue weighted by molar-refractivity contribution is 6.09. The lowest BCUT2D eigenvalue weighted by molar-refractivity contribution is 0.0965. The Bertz CT molecular complexity index is 1440. The van der Waals surface area contributed by atoms with Gasteiger partial charge in [0.2, 0.25) is 0 Å². The molecule has 2 unspecified atom stereocenters. The summed E-state index contributed by atoms with van der Waals surface area (Å²) < 4.78 is 0. The van der Waals surface area contributed by atoms with E-state index in [1.165, 1.54) is 18.4 Å². The summed E-state index contributed by atoms with van der Waals surface area (Å²) in [4.78, 5) is 31.8. The van der Waals surface area contributed by atoms with Gasteiger partial charge in [-0.25, -0.2) is 0 Å². The number of fused-ring (bicyclic) bond motifs is 1. The van der Waals surface area contributed by atoms with Crippen LogP contribution in [0.5, 0.6) is 0 Å². The molecule has 0 spiro atoms. The Hall–Kier alpha value is -4.18. The molecule has 0 N–H and O–H groups in total. The highest BCUT2D eigenvalue weighted by Gasteiger charge is 2.39. The summed E-state index contributed by atoms with van der Waals surface area (Å²) in [7, 11) is 0. The standard InChI is InChI=1S/C36H38N2O2/c1-4-5-7-12-28-19-23-30(24-20-28)36(40)38(31-13-8-6-9-14-31)34-25-27(3)37(33-16-11-10-15-32(33)34)35(39)29-21-17-26(2)18-22-29/h6,8-11,13-24,27,34H,4-5,7,12,25H2,1-3H3. The maximum Gasteiger partial charge on any atom is 0.258 e. The zero-order valence-electron chi connectivity index (χ0n) is 23.7. The third kappa shape index (κ3) is 5.72. The van der Waals surface area contributed by atoms with Crippen LogP contribution in [0.2, 0.25) is 0 Å². The molecule has 4 nitrogen and oxygen atoms in total. The minimum absolute atomic E-state index is 0.0188. The number of hydrogen-bond acceptors (Lipinski definition) is 2. The SMILES string of the molecule is CCCCCc1ccc(C(=O)N(c2ccccc2)C2CC(C)N(C(=O)c3ccc(C)cc3)c3ccccc32)cc1. The number of amides is 2. The fraction of sp³-hybridized carbons (Fsp3) is 0.278. The summed E-state index contributed by atoms with van der Waals surface area (Å²) in [5, 5.41) is 0. The van der Waals surface area contributed by atoms with E-state index in [2.05, 4.69) is 32.0 Å². The average molecular weight is 531 g/mol. The van der Waals surface area contributed by atoms with Gasteiger partial charge < -0.3 is 9.80 Å². The number of rotatable bonds is 8. The molecule has 0 saturated heterocycles. The topological polar surface area (TPSA) is 40.6 Å². The summed E-state index contributed by atoms with van der Waals surface area (Å²) >= 11 is 0. The normalized spacial score (nSPS) is 16.3. The van der Waals surface area contributed by atoms with Gasteiger partial charge in [-0.2, -0.15) is 0 Å². The molecule has 0 saturated carbocycles. The summed E-state index contributed by atoms with van der Waals surface area (Å²) in [5.41, 5.74) is 6.41. The van der Waals surface area contributed by atoms with Crippen LogP contribution < -0.4 is 9.80 Å². The minimum Gasteiger partial charge on any atom is -0.305 e. The second-order valence-corrected chi connectivity index (χ2v) is 10.9. The molecular weight excluding hydrogens is 492 g/mol. The Morgan fingerprint density at radius 1 is 0.800 bits per heavy atom. The third-order valence-electron chi connectivity index (χ3n) is 7.91. The number of carbonyl (C=O) groups excluding carboxylic acids is 2. The lowest BCUT2D eigenvalue weighted by Crippen LogP contribution is -2.47. The Morgan fingerprint density at radius 2 is 1.45 bits per heavy atom. The Balaban J connectivity index is 1.52. The summed E-state index contributed by atoms with van der Waals surface area (Å²) in [5.74, 6) is -0.0497. The van der Waals surface area contributed by atoms with E-state index in [4.69, 9.17) is 0 Å². The van der Waals surface area contributed by atoms with Gasteiger partial charge in [0.15, 0.2) is 0 Å². The quantitative estimate of drug-likeness (QED) is 0.214. The molecule has 4 aromatic carbocycles. The van der Waals surface area contributed by atoms with E-state index in [0.717, 1.165) is 35.3 Å². The van der Waals surface area contributed by atoms with E-state index in [0.29, 0.717) is 17.5 Å². The van der Waals surface area contributed by atoms with E-state index in [1.807, 2.05) is 102 Å². The van der Waals surface area contributed by atoms with Crippen LogP contribution in [0.1, 0.15) is 83.0 Å². The average Bonchev–Trinajstić information content (AvgIpc) is 2.98. The molecule has 4 heteroatoms. The van der Waals surface area contributed by atoms with Crippen LogP contribution in [-0.2, 0) is 6.42 Å². The fourth-order valence-corrected chi connectivity index (χ4v) is 5.73. The number of anilines is 2. The van der Waals surface area contributed by atoms with E-state index in [1.54, 1.807) is 0 Å². The number of hydrogen-bond donors (Lipinski definition) is 0. The molecular formula is C36H38N2O2. The van der Waals surface area contributed by atoms with Gasteiger partial charge in [-0.3, -0.25) is 9.59 Å². The summed E-state index contributed by atoms with van der Waals surface area (Å²) in [6.07, 6.45) is 5.23. The van der Waals surface area contributed by atoms with Crippen LogP contribution in [0.15, 0.2) is 103 Å². The van der Waals surface area contributed by atoms with Gasteiger partial charge in [-0.15, -0.1) is 0 Å². The van der Waals surface area contributed by atoms with E-state index in [-0.39, 0.29) is 23.9 Å². The Kier molecular flexibility index (Phi) is 8.45. The van der Waals surface area contributed by atoms with Crippen molar-refractivity contribution in [1.82, 2.24) is 0 Å². The number of carbonyl (C=O) groups is 2. The second-order valence-electron chi connectivity index (χ2n) is 10.9. The molecule has 1 aliphatic rings. The van der Waals surface area contributed by atoms with Crippen molar-refractivity contribution in [2.45, 2.75) is 65.0 Å². The first-order chi connectivity index (χ1) is 19.5. The van der Waals surface area contributed by atoms with Crippen molar-refractivity contribution in [3.63, 3.8) is 0 Å². The molecule has 2 atom stereocenters. The van der Waals surface area contributed by atoms with Gasteiger partial charge in [0.05, 0.1) is 6.04 Å². The molecule has 40 heavy (non-hydrogen) atoms. The molecule has 1 heterocycles. The van der Waals surface area contributed by atoms with Crippen LogP contribution >= 0.6 is 0 Å². The van der Waals surface area contributed by atoms with E-state index < -0.39 is 0 Å². The van der Waals surface area contributed by atoms with Gasteiger partial charge in [-0.1, -0.05) is 86.0 Å². The van der Waals surface area contributed by atoms with Gasteiger partial charge in [0.1, 0.15) is 0 Å². The third-order valence-corrected chi connectivity index (χ3v) is 7.91. The van der Waals surface area contributed by atoms with Crippen molar-refractivity contribution in [1.29, 1.82) is 0 Å². The number of unbranched alkanes of at least 4 members (excludes halogenated alkanes) is 2. The largest absolute Gasteiger partial charge is 0.305 e. The number of benzene rings is 4. The molecule has 0 aromatic heterocycles. The summed E-state index contributed by atoms with van der Waals surface area (Å²) in [6.45, 7) is 6.31. The van der Waals surface area contributed by atoms with E-state index in [9.17, 15) is 9.59 Å². The number of nitrogens with zero attached hydrogens (tertiary/aromatic N) is 2. The first-order valence-corrected chi connectivity index (χ1v) is 14.4. The van der Waals surface area contributed by atoms with Gasteiger partial charge in [-0.05, 0) is 86.7 Å². The first kappa shape index (κ1) is 27.4. The van der Waals surface area contributed by atoms with Crippen molar-refractivity contribution in [3.05, 3.63) is 131 Å². The highest BCUT2D eigenvalue weighted by atomic mass is 16.2. The minimum atomic E-state index is -0.215. The Morgan fingerprint density at radius 3 is 2.15 bits per heavy atom. The van der Waals surface area contributed by atoms with Crippen molar-refractivity contribution in [3.8, 4) is 0 Å². The zero-order chi connectivity index (χ0) is 28.1. The monoisotopic (exact) mass is 530 g/mol. The van der Waals surface area contributed by atoms with Crippen molar-refractivity contribution in [2.75, 3.05) is 9.80 Å². The van der Waals surface area contributed by atoms with Crippen molar-refractivity contribution < 1.29 is 9.59 Å². The summed E-state index contributed by atoms with van der Waals surface area (Å²) in [6, 6.07) is 33.4. The predicted octanol–water partition coefficient (Wildman–Crippen LogP) is 8.55. The lowest BCUT2D eigenvalue weighted by atomic mass is 9.89. The molecule has 4 aromatic rings. The predicted molar refractivity (Wildman–Crippen MR) is 164 cm³/mol. The molecule has 0 fully saturated rings. The van der Waals surface area contributed by atoms with Crippen LogP contribution in [0.3, 0.4) is 0 Å². The van der Waals surface area contributed by atoms with Gasteiger partial charge >= 0.3 is 0 Å². The number of aryl methyl sites for hydroxylation is 2. The van der Waals surface area contributed by atoms with Crippen molar-refractivity contribution in [2.24, 2.45) is 0 Å². The van der Waals surface area contributed by atoms with Gasteiger partial charge in [0.25, 0.3) is 11.8 Å². The molecule has 0 radical (unpaired) electrons. The molecule has 0 aliphatic carbocycles. The fourth-order valence-electron chi connectivity index (χ4n) is 5.73. The molecule has 0 bridgehead atoms. The zero-order valence-corrected chi connectivity index (χ0v) is 23.7. The lowest BCUT2D eigenvalue weighted by Gasteiger charge is -2.43. The second kappa shape index (κ2) is 12.3. The Labute approximate surface area is 238 Å². The van der Waals surface area contributed by atoms with Crippen molar-refractivity contribution >= 4 is 23.2 Å². The van der Waals surface area contributed by atoms with Crippen LogP contribution in [0.25, 0.3) is 0 Å². The van der Waals surface area contributed by atoms with E-state index >= 15 is 0 Å². The first-order valence-electron chi connectivity index (χ1n) is 14.4. The highest BCUT2D eigenvalue weighted by Crippen LogP contribution is 2.43. The maximum absolute atomic E-state index is 14.2. The van der Waals surface area contributed by atoms with Gasteiger partial charge in [0, 0.05) is 28.5 Å². The smallest absolute Gasteiger partial charge is 0.258 e. The molecule has 1 aliphatic heterocycles. The molecule has 2 amide bonds.